The number of nitrogens with two attached hydrogens (primary N) is 1. The Balaban J connectivity index is 2.28. The molecule has 0 saturated heterocycles. The molecule has 2 aromatic heterocycles. The third kappa shape index (κ3) is 2.89. The van der Waals surface area contributed by atoms with E-state index in [1.807, 2.05) is 11.6 Å². The first kappa shape index (κ1) is 16.8. The molecule has 3 rings (SSSR count). The zero-order valence-electron chi connectivity index (χ0n) is 13.2. The van der Waals surface area contributed by atoms with Gasteiger partial charge in [-0.2, -0.15) is 4.36 Å². The van der Waals surface area contributed by atoms with Crippen molar-refractivity contribution in [1.82, 2.24) is 14.5 Å². The minimum absolute atomic E-state index is 0.0642. The first-order valence-corrected chi connectivity index (χ1v) is 10.0. The van der Waals surface area contributed by atoms with E-state index in [2.05, 4.69) is 30.3 Å². The highest BCUT2D eigenvalue weighted by Gasteiger charge is 2.19. The predicted molar refractivity (Wildman–Crippen MR) is 98.1 cm³/mol. The molecule has 0 spiro atoms. The highest BCUT2D eigenvalue weighted by atomic mass is 79.9. The minimum Gasteiger partial charge on any atom is -0.383 e. The summed E-state index contributed by atoms with van der Waals surface area (Å²) in [5.41, 5.74) is 8.00. The van der Waals surface area contributed by atoms with E-state index in [0.717, 1.165) is 0 Å². The van der Waals surface area contributed by atoms with Gasteiger partial charge in [0.25, 0.3) is 0 Å². The zero-order valence-corrected chi connectivity index (χ0v) is 15.7. The third-order valence-electron chi connectivity index (χ3n) is 3.48. The van der Waals surface area contributed by atoms with Crippen molar-refractivity contribution < 1.29 is 8.60 Å². The number of hydrogen-bond acceptors (Lipinski definition) is 5. The van der Waals surface area contributed by atoms with Crippen LogP contribution in [0.5, 0.6) is 0 Å². The van der Waals surface area contributed by atoms with E-state index in [4.69, 9.17) is 5.73 Å². The molecular weight excluding hydrogens is 397 g/mol. The molecule has 0 aliphatic rings. The number of rotatable bonds is 2. The fourth-order valence-electron chi connectivity index (χ4n) is 2.48. The number of anilines is 1. The minimum atomic E-state index is -2.44. The highest BCUT2D eigenvalue weighted by molar-refractivity contribution is 9.10. The van der Waals surface area contributed by atoms with Gasteiger partial charge in [-0.25, -0.2) is 18.6 Å². The van der Waals surface area contributed by atoms with Crippen LogP contribution in [0.2, 0.25) is 0 Å². The van der Waals surface area contributed by atoms with E-state index in [1.54, 1.807) is 6.07 Å². The maximum absolute atomic E-state index is 14.4. The molecule has 126 valence electrons. The molecule has 0 bridgehead atoms. The molecule has 0 atom stereocenters. The van der Waals surface area contributed by atoms with Crippen LogP contribution in [0.15, 0.2) is 33.5 Å². The number of halogens is 2. The molecule has 9 heteroatoms. The fraction of sp³-hybridized carbons (Fsp3) is 0.200. The van der Waals surface area contributed by atoms with Crippen molar-refractivity contribution in [3.8, 4) is 11.1 Å². The summed E-state index contributed by atoms with van der Waals surface area (Å²) in [6.07, 6.45) is 4.30. The quantitative estimate of drug-likeness (QED) is 0.698. The van der Waals surface area contributed by atoms with E-state index in [-0.39, 0.29) is 5.69 Å². The van der Waals surface area contributed by atoms with Crippen molar-refractivity contribution in [3.63, 3.8) is 0 Å². The third-order valence-corrected chi connectivity index (χ3v) is 5.04. The van der Waals surface area contributed by atoms with E-state index in [0.29, 0.717) is 32.6 Å². The molecule has 0 aliphatic carbocycles. The van der Waals surface area contributed by atoms with Crippen LogP contribution in [-0.2, 0) is 16.8 Å². The molecule has 2 N–H and O–H groups in total. The second kappa shape index (κ2) is 5.82. The van der Waals surface area contributed by atoms with Crippen molar-refractivity contribution in [2.24, 2.45) is 11.4 Å². The smallest absolute Gasteiger partial charge is 0.150 e. The first-order valence-electron chi connectivity index (χ1n) is 6.90. The predicted octanol–water partition coefficient (Wildman–Crippen LogP) is 3.48. The van der Waals surface area contributed by atoms with E-state index in [9.17, 15) is 8.60 Å². The number of aryl methyl sites for hydroxylation is 1. The van der Waals surface area contributed by atoms with Gasteiger partial charge in [0.15, 0.2) is 0 Å². The molecule has 0 fully saturated rings. The van der Waals surface area contributed by atoms with Gasteiger partial charge in [-0.05, 0) is 33.6 Å². The zero-order chi connectivity index (χ0) is 17.6. The normalized spacial score (nSPS) is 11.9. The molecule has 0 saturated carbocycles. The Morgan fingerprint density at radius 3 is 2.67 bits per heavy atom. The molecule has 0 amide bonds. The lowest BCUT2D eigenvalue weighted by Gasteiger charge is -2.05. The standard InChI is InChI=1S/C15H15BrFN5OS/c1-22-13(16)11(12-14(18)19-7-20-15(12)22)8-4-5-10(9(17)6-8)21-24(2,3)23/h4-7H,1-3H3,(H2,18,19,20). The monoisotopic (exact) mass is 411 g/mol. The molecule has 6 nitrogen and oxygen atoms in total. The van der Waals surface area contributed by atoms with Crippen molar-refractivity contribution >= 4 is 48.2 Å². The Hall–Kier alpha value is -2.00. The summed E-state index contributed by atoms with van der Waals surface area (Å²) >= 11 is 3.50. The van der Waals surface area contributed by atoms with Crippen LogP contribution in [0.4, 0.5) is 15.9 Å². The van der Waals surface area contributed by atoms with Gasteiger partial charge >= 0.3 is 0 Å². The molecule has 2 heterocycles. The van der Waals surface area contributed by atoms with Crippen LogP contribution in [-0.4, -0.2) is 31.3 Å². The second-order valence-electron chi connectivity index (χ2n) is 5.62. The molecule has 0 aliphatic heterocycles. The Bertz CT molecular complexity index is 1080. The lowest BCUT2D eigenvalue weighted by molar-refractivity contribution is 0.630. The largest absolute Gasteiger partial charge is 0.383 e. The Kier molecular flexibility index (Phi) is 4.08. The summed E-state index contributed by atoms with van der Waals surface area (Å²) < 4.78 is 32.6. The maximum Gasteiger partial charge on any atom is 0.150 e. The average molecular weight is 412 g/mol. The lowest BCUT2D eigenvalue weighted by atomic mass is 10.1. The van der Waals surface area contributed by atoms with Crippen molar-refractivity contribution in [2.75, 3.05) is 18.2 Å². The topological polar surface area (TPSA) is 86.2 Å². The van der Waals surface area contributed by atoms with Crippen molar-refractivity contribution in [2.45, 2.75) is 0 Å². The number of benzene rings is 1. The molecule has 3 aromatic rings. The highest BCUT2D eigenvalue weighted by Crippen LogP contribution is 2.40. The van der Waals surface area contributed by atoms with Gasteiger partial charge < -0.3 is 10.3 Å². The van der Waals surface area contributed by atoms with Crippen LogP contribution in [0.1, 0.15) is 0 Å². The first-order chi connectivity index (χ1) is 11.2. The summed E-state index contributed by atoms with van der Waals surface area (Å²) in [7, 11) is -0.616. The summed E-state index contributed by atoms with van der Waals surface area (Å²) in [6, 6.07) is 4.55. The molecule has 0 radical (unpaired) electrons. The number of nitrogen functional groups attached to an aromatic ring is 1. The van der Waals surface area contributed by atoms with E-state index in [1.165, 1.54) is 31.0 Å². The lowest BCUT2D eigenvalue weighted by Crippen LogP contribution is -1.94. The maximum atomic E-state index is 14.4. The molecule has 1 aromatic carbocycles. The van der Waals surface area contributed by atoms with Crippen molar-refractivity contribution in [1.29, 1.82) is 0 Å². The van der Waals surface area contributed by atoms with E-state index < -0.39 is 15.5 Å². The average Bonchev–Trinajstić information content (AvgIpc) is 2.74. The summed E-state index contributed by atoms with van der Waals surface area (Å²) in [5, 5.41) is 0.644. The number of fused-ring (bicyclic) bond motifs is 1. The Morgan fingerprint density at radius 1 is 1.33 bits per heavy atom. The molecular formula is C15H15BrFN5OS. The van der Waals surface area contributed by atoms with Crippen molar-refractivity contribution in [3.05, 3.63) is 34.9 Å². The number of aromatic nitrogens is 3. The molecule has 24 heavy (non-hydrogen) atoms. The van der Waals surface area contributed by atoms with Gasteiger partial charge in [-0.1, -0.05) is 6.07 Å². The van der Waals surface area contributed by atoms with Crippen LogP contribution >= 0.6 is 15.9 Å². The SMILES string of the molecule is Cn1c(Br)c(-c2ccc(N=S(C)(C)=O)c(F)c2)c2c(N)ncnc21. The number of nitrogens with zero attached hydrogens (tertiary/aromatic N) is 4. The fourth-order valence-corrected chi connectivity index (χ4v) is 3.70. The van der Waals surface area contributed by atoms with Gasteiger partial charge in [-0.15, -0.1) is 0 Å². The van der Waals surface area contributed by atoms with E-state index >= 15 is 0 Å². The van der Waals surface area contributed by atoms with Crippen LogP contribution < -0.4 is 5.73 Å². The van der Waals surface area contributed by atoms with Gasteiger partial charge in [0, 0.05) is 34.9 Å². The number of hydrogen-bond donors (Lipinski definition) is 1. The van der Waals surface area contributed by atoms with Gasteiger partial charge in [0.05, 0.1) is 9.99 Å². The van der Waals surface area contributed by atoms with Gasteiger partial charge in [-0.3, -0.25) is 0 Å². The Labute approximate surface area is 147 Å². The second-order valence-corrected chi connectivity index (χ2v) is 8.92. The van der Waals surface area contributed by atoms with Crippen LogP contribution in [0.25, 0.3) is 22.2 Å². The summed E-state index contributed by atoms with van der Waals surface area (Å²) in [6.45, 7) is 0. The van der Waals surface area contributed by atoms with Crippen LogP contribution in [0.3, 0.4) is 0 Å². The summed E-state index contributed by atoms with van der Waals surface area (Å²) in [4.78, 5) is 8.25. The van der Waals surface area contributed by atoms with Crippen LogP contribution in [0, 0.1) is 5.82 Å². The summed E-state index contributed by atoms with van der Waals surface area (Å²) in [5.74, 6) is -0.237. The Morgan fingerprint density at radius 2 is 2.04 bits per heavy atom. The molecule has 0 unspecified atom stereocenters. The van der Waals surface area contributed by atoms with Gasteiger partial charge in [0.2, 0.25) is 0 Å². The van der Waals surface area contributed by atoms with Gasteiger partial charge in [0.1, 0.15) is 29.3 Å².